The van der Waals surface area contributed by atoms with E-state index in [9.17, 15) is 0 Å². The van der Waals surface area contributed by atoms with Crippen molar-refractivity contribution >= 4 is 16.5 Å². The first kappa shape index (κ1) is 14.8. The summed E-state index contributed by atoms with van der Waals surface area (Å²) in [6.45, 7) is 11.0. The molecule has 0 amide bonds. The molecule has 108 valence electrons. The Balaban J connectivity index is 1.98. The number of aryl methyl sites for hydroxylation is 1. The fourth-order valence-corrected chi connectivity index (χ4v) is 3.41. The van der Waals surface area contributed by atoms with Gasteiger partial charge in [-0.3, -0.25) is 0 Å². The van der Waals surface area contributed by atoms with E-state index in [0.29, 0.717) is 0 Å². The van der Waals surface area contributed by atoms with E-state index < -0.39 is 0 Å². The Morgan fingerprint density at radius 3 is 2.89 bits per heavy atom. The number of hydrogen-bond acceptors (Lipinski definition) is 5. The molecule has 5 heteroatoms. The van der Waals surface area contributed by atoms with Crippen LogP contribution in [0.15, 0.2) is 0 Å². The van der Waals surface area contributed by atoms with Crippen LogP contribution in [0.1, 0.15) is 30.3 Å². The van der Waals surface area contributed by atoms with Crippen molar-refractivity contribution in [1.82, 2.24) is 15.2 Å². The third-order valence-electron chi connectivity index (χ3n) is 3.58. The number of aromatic nitrogens is 1. The second-order valence-corrected chi connectivity index (χ2v) is 6.39. The molecule has 1 N–H and O–H groups in total. The number of nitrogens with zero attached hydrogens (tertiary/aromatic N) is 3. The standard InChI is InChI=1S/C14H26N4S/c1-4-6-15-11-13-12(2)16-14(19-13)18-8-5-7-17(3)9-10-18/h15H,4-11H2,1-3H3. The summed E-state index contributed by atoms with van der Waals surface area (Å²) in [4.78, 5) is 11.0. The van der Waals surface area contributed by atoms with Crippen LogP contribution in [0, 0.1) is 6.92 Å². The van der Waals surface area contributed by atoms with Crippen molar-refractivity contribution in [3.63, 3.8) is 0 Å². The Hall–Kier alpha value is -0.650. The van der Waals surface area contributed by atoms with Crippen molar-refractivity contribution in [3.05, 3.63) is 10.6 Å². The Kier molecular flexibility index (Phi) is 5.60. The molecule has 0 radical (unpaired) electrons. The summed E-state index contributed by atoms with van der Waals surface area (Å²) in [6, 6.07) is 0. The van der Waals surface area contributed by atoms with Gasteiger partial charge in [0.2, 0.25) is 0 Å². The maximum Gasteiger partial charge on any atom is 0.185 e. The molecule has 0 aromatic carbocycles. The van der Waals surface area contributed by atoms with Gasteiger partial charge in [-0.15, -0.1) is 11.3 Å². The van der Waals surface area contributed by atoms with E-state index in [1.54, 1.807) is 0 Å². The second-order valence-electron chi connectivity index (χ2n) is 5.33. The molecule has 0 atom stereocenters. The maximum atomic E-state index is 4.77. The molecular formula is C14H26N4S. The SMILES string of the molecule is CCCNCc1sc(N2CCCN(C)CC2)nc1C. The molecule has 2 rings (SSSR count). The maximum absolute atomic E-state index is 4.77. The molecule has 1 fully saturated rings. The number of thiazole rings is 1. The minimum Gasteiger partial charge on any atom is -0.347 e. The van der Waals surface area contributed by atoms with Gasteiger partial charge in [0.1, 0.15) is 0 Å². The van der Waals surface area contributed by atoms with Gasteiger partial charge in [0.25, 0.3) is 0 Å². The van der Waals surface area contributed by atoms with Gasteiger partial charge in [-0.2, -0.15) is 0 Å². The molecule has 19 heavy (non-hydrogen) atoms. The molecule has 0 saturated carbocycles. The number of rotatable bonds is 5. The van der Waals surface area contributed by atoms with Crippen LogP contribution in [0.4, 0.5) is 5.13 Å². The Bertz CT molecular complexity index is 391. The molecule has 4 nitrogen and oxygen atoms in total. The van der Waals surface area contributed by atoms with E-state index in [2.05, 4.69) is 36.0 Å². The van der Waals surface area contributed by atoms with Gasteiger partial charge in [-0.1, -0.05) is 6.92 Å². The summed E-state index contributed by atoms with van der Waals surface area (Å²) in [7, 11) is 2.21. The summed E-state index contributed by atoms with van der Waals surface area (Å²) in [5.74, 6) is 0. The lowest BCUT2D eigenvalue weighted by molar-refractivity contribution is 0.360. The first-order valence-electron chi connectivity index (χ1n) is 7.31. The van der Waals surface area contributed by atoms with Gasteiger partial charge in [-0.05, 0) is 39.9 Å². The minimum atomic E-state index is 0.963. The van der Waals surface area contributed by atoms with Crippen LogP contribution in [0.25, 0.3) is 0 Å². The number of hydrogen-bond donors (Lipinski definition) is 1. The first-order valence-corrected chi connectivity index (χ1v) is 8.13. The Labute approximate surface area is 120 Å². The van der Waals surface area contributed by atoms with E-state index in [4.69, 9.17) is 4.98 Å². The van der Waals surface area contributed by atoms with Gasteiger partial charge >= 0.3 is 0 Å². The van der Waals surface area contributed by atoms with Crippen LogP contribution in [0.5, 0.6) is 0 Å². The van der Waals surface area contributed by atoms with Crippen molar-refractivity contribution in [2.45, 2.75) is 33.2 Å². The summed E-state index contributed by atoms with van der Waals surface area (Å²) < 4.78 is 0. The lowest BCUT2D eigenvalue weighted by atomic mass is 10.4. The average molecular weight is 282 g/mol. The zero-order valence-electron chi connectivity index (χ0n) is 12.4. The molecule has 2 heterocycles. The van der Waals surface area contributed by atoms with Crippen LogP contribution in [-0.2, 0) is 6.54 Å². The topological polar surface area (TPSA) is 31.4 Å². The normalized spacial score (nSPS) is 17.7. The van der Waals surface area contributed by atoms with E-state index in [1.807, 2.05) is 11.3 Å². The van der Waals surface area contributed by atoms with Gasteiger partial charge in [0.05, 0.1) is 5.69 Å². The smallest absolute Gasteiger partial charge is 0.185 e. The third kappa shape index (κ3) is 4.16. The lowest BCUT2D eigenvalue weighted by Gasteiger charge is -2.19. The molecule has 1 aromatic rings. The lowest BCUT2D eigenvalue weighted by Crippen LogP contribution is -2.28. The first-order chi connectivity index (χ1) is 9.20. The predicted octanol–water partition coefficient (Wildman–Crippen LogP) is 2.09. The van der Waals surface area contributed by atoms with E-state index >= 15 is 0 Å². The van der Waals surface area contributed by atoms with E-state index in [0.717, 1.165) is 32.7 Å². The zero-order chi connectivity index (χ0) is 13.7. The van der Waals surface area contributed by atoms with Crippen molar-refractivity contribution < 1.29 is 0 Å². The third-order valence-corrected chi connectivity index (χ3v) is 4.80. The highest BCUT2D eigenvalue weighted by atomic mass is 32.1. The molecule has 1 saturated heterocycles. The van der Waals surface area contributed by atoms with Crippen molar-refractivity contribution in [1.29, 1.82) is 0 Å². The van der Waals surface area contributed by atoms with Crippen LogP contribution in [-0.4, -0.2) is 49.7 Å². The summed E-state index contributed by atoms with van der Waals surface area (Å²) in [6.07, 6.45) is 2.42. The predicted molar refractivity (Wildman–Crippen MR) is 83.2 cm³/mol. The molecule has 0 bridgehead atoms. The number of anilines is 1. The summed E-state index contributed by atoms with van der Waals surface area (Å²) in [5, 5.41) is 4.68. The largest absolute Gasteiger partial charge is 0.347 e. The number of nitrogens with one attached hydrogen (secondary N) is 1. The Morgan fingerprint density at radius 1 is 1.26 bits per heavy atom. The highest BCUT2D eigenvalue weighted by molar-refractivity contribution is 7.15. The molecule has 1 aliphatic rings. The summed E-state index contributed by atoms with van der Waals surface area (Å²) >= 11 is 1.86. The highest BCUT2D eigenvalue weighted by Gasteiger charge is 2.17. The van der Waals surface area contributed by atoms with Crippen LogP contribution < -0.4 is 10.2 Å². The van der Waals surface area contributed by atoms with E-state index in [-0.39, 0.29) is 0 Å². The second kappa shape index (κ2) is 7.22. The van der Waals surface area contributed by atoms with Crippen LogP contribution in [0.3, 0.4) is 0 Å². The monoisotopic (exact) mass is 282 g/mol. The molecule has 0 spiro atoms. The molecular weight excluding hydrogens is 256 g/mol. The fraction of sp³-hybridized carbons (Fsp3) is 0.786. The van der Waals surface area contributed by atoms with Crippen LogP contribution in [0.2, 0.25) is 0 Å². The fourth-order valence-electron chi connectivity index (χ4n) is 2.33. The van der Waals surface area contributed by atoms with E-state index in [1.165, 1.54) is 35.1 Å². The zero-order valence-corrected chi connectivity index (χ0v) is 13.2. The molecule has 0 unspecified atom stereocenters. The van der Waals surface area contributed by atoms with Gasteiger partial charge in [0.15, 0.2) is 5.13 Å². The quantitative estimate of drug-likeness (QED) is 0.838. The average Bonchev–Trinajstić information content (AvgIpc) is 2.61. The van der Waals surface area contributed by atoms with Crippen LogP contribution >= 0.6 is 11.3 Å². The minimum absolute atomic E-state index is 0.963. The Morgan fingerprint density at radius 2 is 2.11 bits per heavy atom. The van der Waals surface area contributed by atoms with Crippen molar-refractivity contribution in [2.24, 2.45) is 0 Å². The molecule has 1 aliphatic heterocycles. The summed E-state index contributed by atoms with van der Waals surface area (Å²) in [5.41, 5.74) is 1.20. The van der Waals surface area contributed by atoms with Gasteiger partial charge in [-0.25, -0.2) is 4.98 Å². The molecule has 1 aromatic heterocycles. The van der Waals surface area contributed by atoms with Crippen molar-refractivity contribution in [3.8, 4) is 0 Å². The molecule has 0 aliphatic carbocycles. The van der Waals surface area contributed by atoms with Gasteiger partial charge in [0, 0.05) is 31.1 Å². The van der Waals surface area contributed by atoms with Crippen molar-refractivity contribution in [2.75, 3.05) is 44.7 Å². The van der Waals surface area contributed by atoms with Gasteiger partial charge < -0.3 is 15.1 Å². The number of likely N-dealkylation sites (N-methyl/N-ethyl adjacent to an activating group) is 1. The highest BCUT2D eigenvalue weighted by Crippen LogP contribution is 2.26.